The number of esters is 1. The monoisotopic (exact) mass is 352 g/mol. The van der Waals surface area contributed by atoms with Gasteiger partial charge in [-0.05, 0) is 23.3 Å². The van der Waals surface area contributed by atoms with Crippen LogP contribution < -0.4 is 11.2 Å². The summed E-state index contributed by atoms with van der Waals surface area (Å²) in [6.07, 6.45) is 1.72. The quantitative estimate of drug-likeness (QED) is 0.416. The first-order chi connectivity index (χ1) is 12.2. The van der Waals surface area contributed by atoms with Crippen molar-refractivity contribution in [3.05, 3.63) is 65.0 Å². The number of rotatable bonds is 5. The normalized spacial score (nSPS) is 10.8. The molecule has 126 valence electrons. The molecule has 1 heterocycles. The lowest BCUT2D eigenvalue weighted by molar-refractivity contribution is 0.0601. The summed E-state index contributed by atoms with van der Waals surface area (Å²) in [6.45, 7) is 0. The van der Waals surface area contributed by atoms with Gasteiger partial charge in [-0.1, -0.05) is 36.4 Å². The van der Waals surface area contributed by atoms with Crippen molar-refractivity contribution in [2.75, 3.05) is 18.3 Å². The Balaban J connectivity index is 1.82. The van der Waals surface area contributed by atoms with Crippen molar-refractivity contribution in [3.8, 4) is 11.1 Å². The van der Waals surface area contributed by atoms with E-state index < -0.39 is 0 Å². The zero-order valence-electron chi connectivity index (χ0n) is 13.5. The maximum atomic E-state index is 11.5. The smallest absolute Gasteiger partial charge is 0.337 e. The predicted molar refractivity (Wildman–Crippen MR) is 101 cm³/mol. The molecule has 0 amide bonds. The van der Waals surface area contributed by atoms with E-state index in [1.54, 1.807) is 23.7 Å². The number of anilines is 2. The van der Waals surface area contributed by atoms with Crippen LogP contribution in [0.15, 0.2) is 59.0 Å². The first-order valence-corrected chi connectivity index (χ1v) is 8.33. The summed E-state index contributed by atoms with van der Waals surface area (Å²) < 4.78 is 4.72. The van der Waals surface area contributed by atoms with Crippen LogP contribution in [0, 0.1) is 0 Å². The highest BCUT2D eigenvalue weighted by Crippen LogP contribution is 2.23. The van der Waals surface area contributed by atoms with Gasteiger partial charge in [-0.15, -0.1) is 11.3 Å². The molecule has 25 heavy (non-hydrogen) atoms. The van der Waals surface area contributed by atoms with Gasteiger partial charge in [-0.3, -0.25) is 5.43 Å². The van der Waals surface area contributed by atoms with Gasteiger partial charge in [-0.25, -0.2) is 9.78 Å². The average molecular weight is 352 g/mol. The Labute approximate surface area is 149 Å². The molecule has 0 saturated heterocycles. The summed E-state index contributed by atoms with van der Waals surface area (Å²) in [5.41, 5.74) is 11.9. The Morgan fingerprint density at radius 3 is 2.68 bits per heavy atom. The fourth-order valence-corrected chi connectivity index (χ4v) is 2.82. The Bertz CT molecular complexity index is 903. The SMILES string of the molecule is COC(=O)c1ccc(-c2ccccc2C=NNc2nc(N)cs2)cc1. The summed E-state index contributed by atoms with van der Waals surface area (Å²) >= 11 is 1.39. The molecule has 3 aromatic rings. The van der Waals surface area contributed by atoms with Crippen LogP contribution in [0.3, 0.4) is 0 Å². The van der Waals surface area contributed by atoms with Crippen molar-refractivity contribution in [1.82, 2.24) is 4.98 Å². The maximum absolute atomic E-state index is 11.5. The lowest BCUT2D eigenvalue weighted by Gasteiger charge is -2.07. The van der Waals surface area contributed by atoms with Gasteiger partial charge >= 0.3 is 5.97 Å². The molecule has 0 unspecified atom stereocenters. The molecule has 0 bridgehead atoms. The number of methoxy groups -OCH3 is 1. The minimum atomic E-state index is -0.353. The molecule has 0 aliphatic rings. The van der Waals surface area contributed by atoms with E-state index in [2.05, 4.69) is 15.5 Å². The molecular formula is C18H16N4O2S. The summed E-state index contributed by atoms with van der Waals surface area (Å²) in [4.78, 5) is 15.6. The molecule has 1 aromatic heterocycles. The number of nitrogens with one attached hydrogen (secondary N) is 1. The molecule has 0 aliphatic heterocycles. The third-order valence-electron chi connectivity index (χ3n) is 3.46. The third kappa shape index (κ3) is 4.02. The average Bonchev–Trinajstić information content (AvgIpc) is 3.07. The number of carbonyl (C=O) groups excluding carboxylic acids is 1. The molecule has 3 rings (SSSR count). The number of hydrogen-bond acceptors (Lipinski definition) is 7. The van der Waals surface area contributed by atoms with E-state index in [1.807, 2.05) is 36.4 Å². The largest absolute Gasteiger partial charge is 0.465 e. The molecule has 0 spiro atoms. The van der Waals surface area contributed by atoms with Crippen LogP contribution in [-0.4, -0.2) is 24.3 Å². The van der Waals surface area contributed by atoms with Crippen LogP contribution in [-0.2, 0) is 4.74 Å². The fraction of sp³-hybridized carbons (Fsp3) is 0.0556. The van der Waals surface area contributed by atoms with Crippen molar-refractivity contribution in [1.29, 1.82) is 0 Å². The number of aromatic nitrogens is 1. The minimum absolute atomic E-state index is 0.353. The zero-order chi connectivity index (χ0) is 17.6. The Hall–Kier alpha value is -3.19. The zero-order valence-corrected chi connectivity index (χ0v) is 14.3. The molecule has 0 saturated carbocycles. The topological polar surface area (TPSA) is 89.6 Å². The number of ether oxygens (including phenoxy) is 1. The van der Waals surface area contributed by atoms with Crippen molar-refractivity contribution in [3.63, 3.8) is 0 Å². The van der Waals surface area contributed by atoms with Gasteiger partial charge in [0.2, 0.25) is 5.13 Å². The van der Waals surface area contributed by atoms with Crippen LogP contribution in [0.25, 0.3) is 11.1 Å². The van der Waals surface area contributed by atoms with E-state index in [9.17, 15) is 4.79 Å². The summed E-state index contributed by atoms with van der Waals surface area (Å²) in [5.74, 6) is 0.113. The van der Waals surface area contributed by atoms with Crippen LogP contribution in [0.4, 0.5) is 10.9 Å². The molecule has 0 fully saturated rings. The summed E-state index contributed by atoms with van der Waals surface area (Å²) in [7, 11) is 1.37. The van der Waals surface area contributed by atoms with Gasteiger partial charge in [0.05, 0.1) is 18.9 Å². The number of nitrogens with two attached hydrogens (primary N) is 1. The molecule has 0 atom stereocenters. The van der Waals surface area contributed by atoms with E-state index in [4.69, 9.17) is 10.5 Å². The molecular weight excluding hydrogens is 336 g/mol. The van der Waals surface area contributed by atoms with Gasteiger partial charge in [0.15, 0.2) is 0 Å². The first kappa shape index (κ1) is 16.7. The molecule has 3 N–H and O–H groups in total. The van der Waals surface area contributed by atoms with Crippen LogP contribution in [0.5, 0.6) is 0 Å². The van der Waals surface area contributed by atoms with E-state index in [0.29, 0.717) is 16.5 Å². The number of benzene rings is 2. The van der Waals surface area contributed by atoms with E-state index in [0.717, 1.165) is 16.7 Å². The molecule has 0 radical (unpaired) electrons. The molecule has 6 nitrogen and oxygen atoms in total. The van der Waals surface area contributed by atoms with Crippen LogP contribution in [0.1, 0.15) is 15.9 Å². The van der Waals surface area contributed by atoms with E-state index in [-0.39, 0.29) is 5.97 Å². The van der Waals surface area contributed by atoms with Crippen molar-refractivity contribution in [2.45, 2.75) is 0 Å². The highest BCUT2D eigenvalue weighted by atomic mass is 32.1. The third-order valence-corrected chi connectivity index (χ3v) is 4.23. The number of nitrogens with zero attached hydrogens (tertiary/aromatic N) is 2. The van der Waals surface area contributed by atoms with Crippen LogP contribution >= 0.6 is 11.3 Å². The van der Waals surface area contributed by atoms with Gasteiger partial charge in [-0.2, -0.15) is 5.10 Å². The fourth-order valence-electron chi connectivity index (χ4n) is 2.27. The highest BCUT2D eigenvalue weighted by molar-refractivity contribution is 7.14. The maximum Gasteiger partial charge on any atom is 0.337 e. The lowest BCUT2D eigenvalue weighted by atomic mass is 9.99. The van der Waals surface area contributed by atoms with Gasteiger partial charge < -0.3 is 10.5 Å². The summed E-state index contributed by atoms with van der Waals surface area (Å²) in [6, 6.07) is 15.1. The van der Waals surface area contributed by atoms with E-state index in [1.165, 1.54) is 18.4 Å². The van der Waals surface area contributed by atoms with Crippen molar-refractivity contribution in [2.24, 2.45) is 5.10 Å². The Kier molecular flexibility index (Phi) is 5.06. The van der Waals surface area contributed by atoms with Crippen LogP contribution in [0.2, 0.25) is 0 Å². The Morgan fingerprint density at radius 2 is 2.00 bits per heavy atom. The predicted octanol–water partition coefficient (Wildman–Crippen LogP) is 3.62. The molecule has 7 heteroatoms. The second-order valence-electron chi connectivity index (χ2n) is 5.10. The lowest BCUT2D eigenvalue weighted by Crippen LogP contribution is -2.00. The molecule has 0 aliphatic carbocycles. The van der Waals surface area contributed by atoms with Gasteiger partial charge in [0, 0.05) is 10.9 Å². The van der Waals surface area contributed by atoms with Gasteiger partial charge in [0.25, 0.3) is 0 Å². The number of hydrogen-bond donors (Lipinski definition) is 2. The number of carbonyl (C=O) groups is 1. The first-order valence-electron chi connectivity index (χ1n) is 7.45. The number of nitrogen functional groups attached to an aromatic ring is 1. The van der Waals surface area contributed by atoms with Crippen molar-refractivity contribution < 1.29 is 9.53 Å². The second kappa shape index (κ2) is 7.59. The van der Waals surface area contributed by atoms with Gasteiger partial charge in [0.1, 0.15) is 5.82 Å². The highest BCUT2D eigenvalue weighted by Gasteiger charge is 2.07. The number of hydrazone groups is 1. The second-order valence-corrected chi connectivity index (χ2v) is 5.96. The van der Waals surface area contributed by atoms with Crippen molar-refractivity contribution >= 4 is 34.5 Å². The minimum Gasteiger partial charge on any atom is -0.465 e. The Morgan fingerprint density at radius 1 is 1.24 bits per heavy atom. The summed E-state index contributed by atoms with van der Waals surface area (Å²) in [5, 5.41) is 6.59. The molecule has 2 aromatic carbocycles. The number of thiazole rings is 1. The van der Waals surface area contributed by atoms with E-state index >= 15 is 0 Å². The standard InChI is InChI=1S/C18H16N4O2S/c1-24-17(23)13-8-6-12(7-9-13)15-5-3-2-4-14(15)10-20-22-18-21-16(19)11-25-18/h2-11H,19H2,1H3,(H,21,22).